The first kappa shape index (κ1) is 14.5. The fourth-order valence-electron chi connectivity index (χ4n) is 2.66. The van der Waals surface area contributed by atoms with Crippen LogP contribution in [0.25, 0.3) is 0 Å². The van der Waals surface area contributed by atoms with E-state index in [1.165, 1.54) is 6.42 Å². The molecule has 0 aromatic heterocycles. The molecule has 0 saturated carbocycles. The standard InChI is InChI=1S/C13H26N2O2/c1-4-17-13(16)12(14)5-6-15-8-10(2)7-11(3)9-15/h10-12H,4-9,14H2,1-3H3. The molecule has 1 rings (SSSR count). The summed E-state index contributed by atoms with van der Waals surface area (Å²) in [6.45, 7) is 9.93. The van der Waals surface area contributed by atoms with E-state index in [9.17, 15) is 4.79 Å². The SMILES string of the molecule is CCOC(=O)C(N)CCN1CC(C)CC(C)C1. The van der Waals surface area contributed by atoms with E-state index in [2.05, 4.69) is 18.7 Å². The molecule has 0 aromatic carbocycles. The molecule has 2 N–H and O–H groups in total. The monoisotopic (exact) mass is 242 g/mol. The number of nitrogens with zero attached hydrogens (tertiary/aromatic N) is 1. The first-order valence-electron chi connectivity index (χ1n) is 6.67. The maximum atomic E-state index is 11.4. The molecule has 0 radical (unpaired) electrons. The molecule has 1 aliphatic heterocycles. The fourth-order valence-corrected chi connectivity index (χ4v) is 2.66. The Labute approximate surface area is 104 Å². The third-order valence-corrected chi connectivity index (χ3v) is 3.29. The molecule has 3 unspecified atom stereocenters. The van der Waals surface area contributed by atoms with Crippen LogP contribution in [0.15, 0.2) is 0 Å². The smallest absolute Gasteiger partial charge is 0.322 e. The summed E-state index contributed by atoms with van der Waals surface area (Å²) in [5.41, 5.74) is 5.79. The van der Waals surface area contributed by atoms with Gasteiger partial charge in [0, 0.05) is 19.6 Å². The number of hydrogen-bond donors (Lipinski definition) is 1. The molecule has 17 heavy (non-hydrogen) atoms. The fraction of sp³-hybridized carbons (Fsp3) is 0.923. The van der Waals surface area contributed by atoms with Gasteiger partial charge in [0.15, 0.2) is 0 Å². The van der Waals surface area contributed by atoms with Gasteiger partial charge in [-0.05, 0) is 31.6 Å². The Morgan fingerprint density at radius 1 is 1.41 bits per heavy atom. The molecule has 1 heterocycles. The number of likely N-dealkylation sites (tertiary alicyclic amines) is 1. The van der Waals surface area contributed by atoms with Crippen molar-refractivity contribution in [1.29, 1.82) is 0 Å². The van der Waals surface area contributed by atoms with Crippen molar-refractivity contribution in [3.05, 3.63) is 0 Å². The topological polar surface area (TPSA) is 55.6 Å². The van der Waals surface area contributed by atoms with Crippen LogP contribution in [0.3, 0.4) is 0 Å². The normalized spacial score (nSPS) is 27.8. The zero-order valence-electron chi connectivity index (χ0n) is 11.3. The zero-order chi connectivity index (χ0) is 12.8. The van der Waals surface area contributed by atoms with Crippen LogP contribution >= 0.6 is 0 Å². The van der Waals surface area contributed by atoms with E-state index >= 15 is 0 Å². The first-order valence-corrected chi connectivity index (χ1v) is 6.67. The van der Waals surface area contributed by atoms with E-state index < -0.39 is 6.04 Å². The van der Waals surface area contributed by atoms with E-state index in [0.29, 0.717) is 13.0 Å². The van der Waals surface area contributed by atoms with Gasteiger partial charge in [0.25, 0.3) is 0 Å². The van der Waals surface area contributed by atoms with Gasteiger partial charge in [0.05, 0.1) is 6.61 Å². The molecule has 0 aromatic rings. The van der Waals surface area contributed by atoms with Gasteiger partial charge in [-0.1, -0.05) is 13.8 Å². The van der Waals surface area contributed by atoms with E-state index in [4.69, 9.17) is 10.5 Å². The molecule has 4 heteroatoms. The summed E-state index contributed by atoms with van der Waals surface area (Å²) in [7, 11) is 0. The number of carbonyl (C=O) groups excluding carboxylic acids is 1. The highest BCUT2D eigenvalue weighted by atomic mass is 16.5. The Hall–Kier alpha value is -0.610. The Morgan fingerprint density at radius 3 is 2.53 bits per heavy atom. The predicted octanol–water partition coefficient (Wildman–Crippen LogP) is 1.24. The summed E-state index contributed by atoms with van der Waals surface area (Å²) in [4.78, 5) is 13.8. The van der Waals surface area contributed by atoms with Gasteiger partial charge >= 0.3 is 5.97 Å². The number of rotatable bonds is 5. The van der Waals surface area contributed by atoms with Crippen molar-refractivity contribution >= 4 is 5.97 Å². The molecule has 1 fully saturated rings. The molecule has 100 valence electrons. The summed E-state index contributed by atoms with van der Waals surface area (Å²) < 4.78 is 4.90. The van der Waals surface area contributed by atoms with Crippen LogP contribution in [0.4, 0.5) is 0 Å². The van der Waals surface area contributed by atoms with Gasteiger partial charge < -0.3 is 15.4 Å². The summed E-state index contributed by atoms with van der Waals surface area (Å²) in [5.74, 6) is 1.22. The summed E-state index contributed by atoms with van der Waals surface area (Å²) in [6, 6.07) is -0.470. The van der Waals surface area contributed by atoms with E-state index in [-0.39, 0.29) is 5.97 Å². The number of piperidine rings is 1. The molecular formula is C13H26N2O2. The average molecular weight is 242 g/mol. The maximum absolute atomic E-state index is 11.4. The van der Waals surface area contributed by atoms with Crippen molar-refractivity contribution < 1.29 is 9.53 Å². The molecular weight excluding hydrogens is 216 g/mol. The molecule has 0 spiro atoms. The van der Waals surface area contributed by atoms with Crippen LogP contribution in [0.1, 0.15) is 33.6 Å². The van der Waals surface area contributed by atoms with Gasteiger partial charge in [-0.2, -0.15) is 0 Å². The highest BCUT2D eigenvalue weighted by Gasteiger charge is 2.23. The van der Waals surface area contributed by atoms with E-state index in [1.807, 2.05) is 0 Å². The van der Waals surface area contributed by atoms with Crippen LogP contribution in [0.2, 0.25) is 0 Å². The minimum absolute atomic E-state index is 0.273. The quantitative estimate of drug-likeness (QED) is 0.737. The van der Waals surface area contributed by atoms with Crippen LogP contribution in [-0.4, -0.2) is 43.2 Å². The van der Waals surface area contributed by atoms with Crippen LogP contribution < -0.4 is 5.73 Å². The minimum Gasteiger partial charge on any atom is -0.465 e. The Bertz CT molecular complexity index is 236. The lowest BCUT2D eigenvalue weighted by Gasteiger charge is -2.35. The minimum atomic E-state index is -0.470. The highest BCUT2D eigenvalue weighted by Crippen LogP contribution is 2.20. The Morgan fingerprint density at radius 2 is 2.00 bits per heavy atom. The lowest BCUT2D eigenvalue weighted by molar-refractivity contribution is -0.144. The number of ether oxygens (including phenoxy) is 1. The van der Waals surface area contributed by atoms with Gasteiger partial charge in [-0.3, -0.25) is 4.79 Å². The van der Waals surface area contributed by atoms with Crippen molar-refractivity contribution in [2.24, 2.45) is 17.6 Å². The lowest BCUT2D eigenvalue weighted by Crippen LogP contribution is -2.42. The van der Waals surface area contributed by atoms with Crippen LogP contribution in [0.5, 0.6) is 0 Å². The van der Waals surface area contributed by atoms with Crippen molar-refractivity contribution in [3.63, 3.8) is 0 Å². The van der Waals surface area contributed by atoms with Gasteiger partial charge in [0.1, 0.15) is 6.04 Å². The van der Waals surface area contributed by atoms with Crippen LogP contribution in [0, 0.1) is 11.8 Å². The maximum Gasteiger partial charge on any atom is 0.322 e. The van der Waals surface area contributed by atoms with Crippen molar-refractivity contribution in [3.8, 4) is 0 Å². The summed E-state index contributed by atoms with van der Waals surface area (Å²) in [6.07, 6.45) is 2.00. The molecule has 0 amide bonds. The van der Waals surface area contributed by atoms with E-state index in [0.717, 1.165) is 31.5 Å². The first-order chi connectivity index (χ1) is 8.02. The second kappa shape index (κ2) is 6.97. The van der Waals surface area contributed by atoms with Gasteiger partial charge in [-0.15, -0.1) is 0 Å². The Kier molecular flexibility index (Phi) is 5.92. The van der Waals surface area contributed by atoms with Crippen LogP contribution in [-0.2, 0) is 9.53 Å². The predicted molar refractivity (Wildman–Crippen MR) is 68.6 cm³/mol. The average Bonchev–Trinajstić information content (AvgIpc) is 2.25. The Balaban J connectivity index is 2.27. The molecule has 1 saturated heterocycles. The number of hydrogen-bond acceptors (Lipinski definition) is 4. The summed E-state index contributed by atoms with van der Waals surface area (Å²) >= 11 is 0. The molecule has 0 bridgehead atoms. The molecule has 4 nitrogen and oxygen atoms in total. The number of nitrogens with two attached hydrogens (primary N) is 1. The molecule has 0 aliphatic carbocycles. The largest absolute Gasteiger partial charge is 0.465 e. The number of esters is 1. The molecule has 1 aliphatic rings. The third kappa shape index (κ3) is 5.04. The number of carbonyl (C=O) groups is 1. The lowest BCUT2D eigenvalue weighted by atomic mass is 9.92. The second-order valence-electron chi connectivity index (χ2n) is 5.35. The van der Waals surface area contributed by atoms with Gasteiger partial charge in [-0.25, -0.2) is 0 Å². The van der Waals surface area contributed by atoms with Crippen molar-refractivity contribution in [1.82, 2.24) is 4.90 Å². The zero-order valence-corrected chi connectivity index (χ0v) is 11.3. The third-order valence-electron chi connectivity index (χ3n) is 3.29. The second-order valence-corrected chi connectivity index (χ2v) is 5.35. The van der Waals surface area contributed by atoms with Crippen molar-refractivity contribution in [2.45, 2.75) is 39.7 Å². The summed E-state index contributed by atoms with van der Waals surface area (Å²) in [5, 5.41) is 0. The van der Waals surface area contributed by atoms with Crippen molar-refractivity contribution in [2.75, 3.05) is 26.2 Å². The highest BCUT2D eigenvalue weighted by molar-refractivity contribution is 5.75. The molecule has 3 atom stereocenters. The van der Waals surface area contributed by atoms with Gasteiger partial charge in [0.2, 0.25) is 0 Å². The van der Waals surface area contributed by atoms with E-state index in [1.54, 1.807) is 6.92 Å².